The third-order valence-corrected chi connectivity index (χ3v) is 2.62. The first-order valence-corrected chi connectivity index (χ1v) is 6.08. The Labute approximate surface area is 120 Å². The summed E-state index contributed by atoms with van der Waals surface area (Å²) >= 11 is 0. The molecule has 1 aromatic carbocycles. The average molecular weight is 289 g/mol. The Morgan fingerprint density at radius 3 is 2.43 bits per heavy atom. The number of methoxy groups -OCH3 is 2. The molecule has 2 N–H and O–H groups in total. The van der Waals surface area contributed by atoms with Gasteiger partial charge in [-0.05, 0) is 19.1 Å². The van der Waals surface area contributed by atoms with Gasteiger partial charge in [-0.1, -0.05) is 0 Å². The Kier molecular flexibility index (Phi) is 4.50. The molecule has 0 spiro atoms. The second-order valence-electron chi connectivity index (χ2n) is 4.10. The van der Waals surface area contributed by atoms with E-state index in [4.69, 9.17) is 9.47 Å². The number of hydrogen-bond donors (Lipinski definition) is 2. The maximum atomic E-state index is 11.4. The van der Waals surface area contributed by atoms with Crippen molar-refractivity contribution in [2.24, 2.45) is 5.10 Å². The van der Waals surface area contributed by atoms with Crippen molar-refractivity contribution >= 4 is 12.2 Å². The Morgan fingerprint density at radius 1 is 1.19 bits per heavy atom. The van der Waals surface area contributed by atoms with Gasteiger partial charge < -0.3 is 9.47 Å². The van der Waals surface area contributed by atoms with E-state index in [0.717, 1.165) is 5.56 Å². The van der Waals surface area contributed by atoms with E-state index in [0.29, 0.717) is 17.2 Å². The van der Waals surface area contributed by atoms with E-state index < -0.39 is 0 Å². The minimum absolute atomic E-state index is 0.164. The van der Waals surface area contributed by atoms with E-state index in [1.165, 1.54) is 0 Å². The van der Waals surface area contributed by atoms with Crippen molar-refractivity contribution in [2.45, 2.75) is 6.92 Å². The van der Waals surface area contributed by atoms with Crippen LogP contribution in [0.15, 0.2) is 28.1 Å². The first kappa shape index (κ1) is 14.5. The molecule has 21 heavy (non-hydrogen) atoms. The van der Waals surface area contributed by atoms with Crippen LogP contribution in [0.1, 0.15) is 11.3 Å². The number of hydrogen-bond acceptors (Lipinski definition) is 7. The molecule has 0 saturated carbocycles. The van der Waals surface area contributed by atoms with Gasteiger partial charge in [0.05, 0.1) is 20.4 Å². The van der Waals surface area contributed by atoms with Crippen molar-refractivity contribution in [1.29, 1.82) is 0 Å². The molecule has 0 fully saturated rings. The lowest BCUT2D eigenvalue weighted by atomic mass is 10.2. The number of benzene rings is 1. The van der Waals surface area contributed by atoms with Crippen LogP contribution in [0.25, 0.3) is 0 Å². The van der Waals surface area contributed by atoms with Gasteiger partial charge in [-0.15, -0.1) is 10.2 Å². The molecule has 8 nitrogen and oxygen atoms in total. The molecular weight excluding hydrogens is 274 g/mol. The third-order valence-electron chi connectivity index (χ3n) is 2.62. The highest BCUT2D eigenvalue weighted by Crippen LogP contribution is 2.21. The number of nitrogens with one attached hydrogen (secondary N) is 2. The number of rotatable bonds is 5. The number of aryl methyl sites for hydroxylation is 1. The SMILES string of the molecule is COc1cc(/C=N\Nc2nnc(C)c(=O)[nH]2)cc(OC)c1. The van der Waals surface area contributed by atoms with Crippen molar-refractivity contribution in [3.8, 4) is 11.5 Å². The fraction of sp³-hybridized carbons (Fsp3) is 0.231. The first-order chi connectivity index (χ1) is 10.1. The van der Waals surface area contributed by atoms with Crippen LogP contribution >= 0.6 is 0 Å². The zero-order valence-corrected chi connectivity index (χ0v) is 11.9. The molecule has 0 amide bonds. The highest BCUT2D eigenvalue weighted by molar-refractivity contribution is 5.81. The molecule has 0 aliphatic carbocycles. The zero-order chi connectivity index (χ0) is 15.2. The van der Waals surface area contributed by atoms with Gasteiger partial charge in [0, 0.05) is 11.6 Å². The van der Waals surface area contributed by atoms with Crippen LogP contribution < -0.4 is 20.5 Å². The highest BCUT2D eigenvalue weighted by Gasteiger charge is 2.00. The van der Waals surface area contributed by atoms with Crippen molar-refractivity contribution in [2.75, 3.05) is 19.6 Å². The van der Waals surface area contributed by atoms with Gasteiger partial charge in [0.1, 0.15) is 17.2 Å². The summed E-state index contributed by atoms with van der Waals surface area (Å²) in [6.45, 7) is 1.57. The molecule has 0 aliphatic heterocycles. The molecule has 2 aromatic rings. The second kappa shape index (κ2) is 6.51. The van der Waals surface area contributed by atoms with Gasteiger partial charge in [0.15, 0.2) is 0 Å². The lowest BCUT2D eigenvalue weighted by molar-refractivity contribution is 0.394. The summed E-state index contributed by atoms with van der Waals surface area (Å²) in [7, 11) is 3.14. The summed E-state index contributed by atoms with van der Waals surface area (Å²) in [4.78, 5) is 13.9. The average Bonchev–Trinajstić information content (AvgIpc) is 2.50. The molecule has 2 rings (SSSR count). The first-order valence-electron chi connectivity index (χ1n) is 6.08. The Hall–Kier alpha value is -2.90. The number of nitrogens with zero attached hydrogens (tertiary/aromatic N) is 3. The minimum Gasteiger partial charge on any atom is -0.497 e. The molecule has 0 atom stereocenters. The molecule has 1 heterocycles. The molecule has 0 radical (unpaired) electrons. The van der Waals surface area contributed by atoms with E-state index in [1.807, 2.05) is 0 Å². The lowest BCUT2D eigenvalue weighted by Gasteiger charge is -2.05. The number of aromatic amines is 1. The molecular formula is C13H15N5O3. The van der Waals surface area contributed by atoms with Crippen LogP contribution in [0.4, 0.5) is 5.95 Å². The zero-order valence-electron chi connectivity index (χ0n) is 11.9. The maximum absolute atomic E-state index is 11.4. The summed E-state index contributed by atoms with van der Waals surface area (Å²) in [6.07, 6.45) is 1.55. The Morgan fingerprint density at radius 2 is 1.86 bits per heavy atom. The third kappa shape index (κ3) is 3.78. The van der Waals surface area contributed by atoms with Crippen LogP contribution in [0.5, 0.6) is 11.5 Å². The van der Waals surface area contributed by atoms with E-state index in [-0.39, 0.29) is 11.5 Å². The summed E-state index contributed by atoms with van der Waals surface area (Å²) in [5, 5.41) is 11.4. The van der Waals surface area contributed by atoms with Gasteiger partial charge in [0.2, 0.25) is 5.95 Å². The smallest absolute Gasteiger partial charge is 0.274 e. The molecule has 0 bridgehead atoms. The van der Waals surface area contributed by atoms with Crippen LogP contribution in [-0.2, 0) is 0 Å². The number of anilines is 1. The Balaban J connectivity index is 2.13. The Bertz CT molecular complexity index is 689. The number of ether oxygens (including phenoxy) is 2. The number of aromatic nitrogens is 3. The van der Waals surface area contributed by atoms with Crippen molar-refractivity contribution in [3.63, 3.8) is 0 Å². The topological polar surface area (TPSA) is 101 Å². The summed E-state index contributed by atoms with van der Waals surface area (Å²) in [5.74, 6) is 1.47. The molecule has 8 heteroatoms. The maximum Gasteiger partial charge on any atom is 0.274 e. The second-order valence-corrected chi connectivity index (χ2v) is 4.10. The molecule has 1 aromatic heterocycles. The van der Waals surface area contributed by atoms with Crippen molar-refractivity contribution in [3.05, 3.63) is 39.8 Å². The van der Waals surface area contributed by atoms with Crippen molar-refractivity contribution < 1.29 is 9.47 Å². The van der Waals surface area contributed by atoms with E-state index in [9.17, 15) is 4.79 Å². The summed E-state index contributed by atoms with van der Waals surface area (Å²) in [5.41, 5.74) is 3.34. The van der Waals surface area contributed by atoms with E-state index in [1.54, 1.807) is 45.6 Å². The molecule has 0 aliphatic rings. The van der Waals surface area contributed by atoms with Gasteiger partial charge in [0.25, 0.3) is 5.56 Å². The summed E-state index contributed by atoms with van der Waals surface area (Å²) in [6, 6.07) is 5.34. The van der Waals surface area contributed by atoms with E-state index >= 15 is 0 Å². The predicted molar refractivity (Wildman–Crippen MR) is 78.2 cm³/mol. The lowest BCUT2D eigenvalue weighted by Crippen LogP contribution is -2.15. The standard InChI is InChI=1S/C13H15N5O3/c1-8-12(19)15-13(18-16-8)17-14-7-9-4-10(20-2)6-11(5-9)21-3/h4-7H,1-3H3,(H2,15,17,18,19)/b14-7-. The largest absolute Gasteiger partial charge is 0.497 e. The van der Waals surface area contributed by atoms with Crippen LogP contribution in [0, 0.1) is 6.92 Å². The van der Waals surface area contributed by atoms with Gasteiger partial charge >= 0.3 is 0 Å². The van der Waals surface area contributed by atoms with E-state index in [2.05, 4.69) is 25.7 Å². The van der Waals surface area contributed by atoms with Crippen LogP contribution in [0.3, 0.4) is 0 Å². The predicted octanol–water partition coefficient (Wildman–Crippen LogP) is 0.937. The van der Waals surface area contributed by atoms with Crippen LogP contribution in [-0.4, -0.2) is 35.6 Å². The van der Waals surface area contributed by atoms with Gasteiger partial charge in [-0.25, -0.2) is 5.43 Å². The van der Waals surface area contributed by atoms with Crippen LogP contribution in [0.2, 0.25) is 0 Å². The quantitative estimate of drug-likeness (QED) is 0.627. The fourth-order valence-electron chi connectivity index (χ4n) is 1.52. The van der Waals surface area contributed by atoms with Crippen molar-refractivity contribution in [1.82, 2.24) is 15.2 Å². The number of hydrazone groups is 1. The van der Waals surface area contributed by atoms with Gasteiger partial charge in [-0.2, -0.15) is 5.10 Å². The normalized spacial score (nSPS) is 10.6. The fourth-order valence-corrected chi connectivity index (χ4v) is 1.52. The monoisotopic (exact) mass is 289 g/mol. The molecule has 0 saturated heterocycles. The summed E-state index contributed by atoms with van der Waals surface area (Å²) < 4.78 is 10.3. The highest BCUT2D eigenvalue weighted by atomic mass is 16.5. The van der Waals surface area contributed by atoms with Gasteiger partial charge in [-0.3, -0.25) is 9.78 Å². The minimum atomic E-state index is -0.314. The number of H-pyrrole nitrogens is 1. The molecule has 0 unspecified atom stereocenters. The molecule has 110 valence electrons.